The number of amides is 1. The van der Waals surface area contributed by atoms with Gasteiger partial charge in [0, 0.05) is 12.2 Å². The summed E-state index contributed by atoms with van der Waals surface area (Å²) in [6.45, 7) is 5.71. The molecular weight excluding hydrogens is 241 g/mol. The molecule has 1 aliphatic heterocycles. The Morgan fingerprint density at radius 2 is 2.46 bits per heavy atom. The van der Waals surface area contributed by atoms with Crippen molar-refractivity contribution in [3.63, 3.8) is 0 Å². The van der Waals surface area contributed by atoms with Crippen molar-refractivity contribution in [2.24, 2.45) is 0 Å². The maximum absolute atomic E-state index is 13.1. The van der Waals surface area contributed by atoms with E-state index in [-0.39, 0.29) is 12.5 Å². The van der Waals surface area contributed by atoms with Gasteiger partial charge in [0.1, 0.15) is 11.4 Å². The van der Waals surface area contributed by atoms with Crippen LogP contribution in [0.1, 0.15) is 6.92 Å². The van der Waals surface area contributed by atoms with Gasteiger partial charge in [-0.1, -0.05) is 22.5 Å². The number of nitrogens with zero attached hydrogens (tertiary/aromatic N) is 1. The molecule has 1 saturated heterocycles. The Morgan fingerprint density at radius 3 is 3.00 bits per heavy atom. The minimum absolute atomic E-state index is 0.226. The molecule has 1 amide bonds. The normalized spacial score (nSPS) is 30.5. The lowest BCUT2D eigenvalue weighted by molar-refractivity contribution is -0.136. The van der Waals surface area contributed by atoms with Crippen molar-refractivity contribution >= 4 is 21.8 Å². The fraction of sp³-hybridized carbons (Fsp3) is 0.625. The number of alkyl halides is 2. The molecule has 1 heterocycles. The fourth-order valence-corrected chi connectivity index (χ4v) is 1.55. The highest BCUT2D eigenvalue weighted by Gasteiger charge is 2.32. The first-order valence-corrected chi connectivity index (χ1v) is 4.88. The lowest BCUT2D eigenvalue weighted by Gasteiger charge is -2.22. The molecule has 0 aromatic rings. The highest BCUT2D eigenvalue weighted by Crippen LogP contribution is 2.24. The molecule has 0 aliphatic carbocycles. The van der Waals surface area contributed by atoms with Crippen LogP contribution in [0.2, 0.25) is 0 Å². The molecule has 74 valence electrons. The van der Waals surface area contributed by atoms with E-state index in [1.807, 2.05) is 0 Å². The van der Waals surface area contributed by atoms with E-state index in [4.69, 9.17) is 0 Å². The average Bonchev–Trinajstić information content (AvgIpc) is 2.20. The molecule has 1 aliphatic rings. The number of ether oxygens (including phenoxy) is 1. The standard InChI is InChI=1S/C8H11BrFNO2/c1-3-11-5(2)7(9)8(10)13-4-6(11)12/h7-8H,2-4H2,1H3. The van der Waals surface area contributed by atoms with Gasteiger partial charge in [0.05, 0.1) is 0 Å². The molecule has 1 fully saturated rings. The van der Waals surface area contributed by atoms with Gasteiger partial charge in [-0.2, -0.15) is 0 Å². The zero-order valence-corrected chi connectivity index (χ0v) is 8.88. The quantitative estimate of drug-likeness (QED) is 0.661. The number of hydrogen-bond donors (Lipinski definition) is 0. The second-order valence-electron chi connectivity index (χ2n) is 2.69. The Kier molecular flexibility index (Phi) is 3.44. The first kappa shape index (κ1) is 10.7. The number of rotatable bonds is 1. The van der Waals surface area contributed by atoms with E-state index >= 15 is 0 Å². The molecule has 1 rings (SSSR count). The predicted octanol–water partition coefficient (Wildman–Crippen LogP) is 1.44. The first-order chi connectivity index (χ1) is 6.07. The van der Waals surface area contributed by atoms with E-state index in [1.165, 1.54) is 4.90 Å². The minimum atomic E-state index is -1.51. The van der Waals surface area contributed by atoms with Gasteiger partial charge in [0.2, 0.25) is 6.36 Å². The van der Waals surface area contributed by atoms with Crippen molar-refractivity contribution in [1.82, 2.24) is 4.90 Å². The third-order valence-corrected chi connectivity index (χ3v) is 2.82. The molecule has 13 heavy (non-hydrogen) atoms. The Balaban J connectivity index is 2.85. The Morgan fingerprint density at radius 1 is 1.85 bits per heavy atom. The molecule has 0 radical (unpaired) electrons. The topological polar surface area (TPSA) is 29.5 Å². The maximum atomic E-state index is 13.1. The molecule has 0 aromatic heterocycles. The number of hydrogen-bond acceptors (Lipinski definition) is 2. The van der Waals surface area contributed by atoms with Gasteiger partial charge >= 0.3 is 0 Å². The average molecular weight is 252 g/mol. The van der Waals surface area contributed by atoms with Crippen molar-refractivity contribution in [2.75, 3.05) is 13.2 Å². The highest BCUT2D eigenvalue weighted by atomic mass is 79.9. The molecule has 2 atom stereocenters. The van der Waals surface area contributed by atoms with E-state index in [0.29, 0.717) is 12.2 Å². The Hall–Kier alpha value is -0.420. The summed E-state index contributed by atoms with van der Waals surface area (Å²) < 4.78 is 17.7. The zero-order valence-electron chi connectivity index (χ0n) is 7.30. The molecule has 0 saturated carbocycles. The van der Waals surface area contributed by atoms with E-state index < -0.39 is 11.2 Å². The van der Waals surface area contributed by atoms with Crippen molar-refractivity contribution in [3.8, 4) is 0 Å². The van der Waals surface area contributed by atoms with E-state index in [2.05, 4.69) is 27.2 Å². The molecule has 5 heteroatoms. The van der Waals surface area contributed by atoms with Crippen molar-refractivity contribution < 1.29 is 13.9 Å². The summed E-state index contributed by atoms with van der Waals surface area (Å²) in [6.07, 6.45) is -1.51. The van der Waals surface area contributed by atoms with Gasteiger partial charge < -0.3 is 9.64 Å². The summed E-state index contributed by atoms with van der Waals surface area (Å²) >= 11 is 3.08. The van der Waals surface area contributed by atoms with Gasteiger partial charge in [0.15, 0.2) is 0 Å². The molecular formula is C8H11BrFNO2. The van der Waals surface area contributed by atoms with Crippen LogP contribution >= 0.6 is 15.9 Å². The minimum Gasteiger partial charge on any atom is -0.337 e. The number of carbonyl (C=O) groups excluding carboxylic acids is 1. The van der Waals surface area contributed by atoms with Crippen molar-refractivity contribution in [2.45, 2.75) is 18.1 Å². The fourth-order valence-electron chi connectivity index (χ4n) is 1.15. The summed E-state index contributed by atoms with van der Waals surface area (Å²) in [5.41, 5.74) is 0.414. The second kappa shape index (κ2) is 4.19. The molecule has 0 aromatic carbocycles. The summed E-state index contributed by atoms with van der Waals surface area (Å²) in [5.74, 6) is -0.253. The molecule has 0 N–H and O–H groups in total. The van der Waals surface area contributed by atoms with Gasteiger partial charge in [0.25, 0.3) is 5.91 Å². The van der Waals surface area contributed by atoms with Crippen LogP contribution in [0.25, 0.3) is 0 Å². The van der Waals surface area contributed by atoms with Crippen molar-refractivity contribution in [3.05, 3.63) is 12.3 Å². The number of halogens is 2. The second-order valence-corrected chi connectivity index (χ2v) is 3.68. The summed E-state index contributed by atoms with van der Waals surface area (Å²) in [6, 6.07) is 0. The molecule has 2 unspecified atom stereocenters. The van der Waals surface area contributed by atoms with Crippen LogP contribution in [0, 0.1) is 0 Å². The monoisotopic (exact) mass is 251 g/mol. The maximum Gasteiger partial charge on any atom is 0.252 e. The lowest BCUT2D eigenvalue weighted by Crippen LogP contribution is -2.32. The third-order valence-electron chi connectivity index (χ3n) is 1.88. The summed E-state index contributed by atoms with van der Waals surface area (Å²) in [7, 11) is 0. The summed E-state index contributed by atoms with van der Waals surface area (Å²) in [4.78, 5) is 12.1. The molecule has 3 nitrogen and oxygen atoms in total. The molecule has 0 bridgehead atoms. The SMILES string of the molecule is C=C1C(Br)C(F)OCC(=O)N1CC. The van der Waals surface area contributed by atoms with E-state index in [9.17, 15) is 9.18 Å². The molecule has 0 spiro atoms. The summed E-state index contributed by atoms with van der Waals surface area (Å²) in [5, 5.41) is 0. The van der Waals surface area contributed by atoms with Crippen LogP contribution in [-0.2, 0) is 9.53 Å². The lowest BCUT2D eigenvalue weighted by atomic mass is 10.3. The largest absolute Gasteiger partial charge is 0.337 e. The van der Waals surface area contributed by atoms with Gasteiger partial charge in [-0.15, -0.1) is 0 Å². The first-order valence-electron chi connectivity index (χ1n) is 3.96. The zero-order chi connectivity index (χ0) is 10.0. The van der Waals surface area contributed by atoms with Crippen molar-refractivity contribution in [1.29, 1.82) is 0 Å². The highest BCUT2D eigenvalue weighted by molar-refractivity contribution is 9.09. The van der Waals surface area contributed by atoms with Crippen LogP contribution in [0.4, 0.5) is 4.39 Å². The van der Waals surface area contributed by atoms with Crippen LogP contribution in [0.3, 0.4) is 0 Å². The van der Waals surface area contributed by atoms with E-state index in [1.54, 1.807) is 6.92 Å². The van der Waals surface area contributed by atoms with Crippen LogP contribution in [0.15, 0.2) is 12.3 Å². The van der Waals surface area contributed by atoms with Gasteiger partial charge in [-0.05, 0) is 6.92 Å². The predicted molar refractivity (Wildman–Crippen MR) is 50.1 cm³/mol. The van der Waals surface area contributed by atoms with Gasteiger partial charge in [-0.3, -0.25) is 4.79 Å². The number of carbonyl (C=O) groups is 1. The van der Waals surface area contributed by atoms with Crippen LogP contribution < -0.4 is 0 Å². The number of likely N-dealkylation sites (N-methyl/N-ethyl adjacent to an activating group) is 1. The van der Waals surface area contributed by atoms with E-state index in [0.717, 1.165) is 0 Å². The Bertz CT molecular complexity index is 234. The van der Waals surface area contributed by atoms with Crippen LogP contribution in [-0.4, -0.2) is 35.1 Å². The van der Waals surface area contributed by atoms with Gasteiger partial charge in [-0.25, -0.2) is 4.39 Å². The van der Waals surface area contributed by atoms with Crippen LogP contribution in [0.5, 0.6) is 0 Å². The third kappa shape index (κ3) is 2.08. The Labute approximate surface area is 84.7 Å². The smallest absolute Gasteiger partial charge is 0.252 e.